The Hall–Kier alpha value is -2.37. The maximum Gasteiger partial charge on any atom is 0.258 e. The fraction of sp³-hybridized carbons (Fsp3) is 0.591. The first-order chi connectivity index (χ1) is 13.7. The predicted octanol–water partition coefficient (Wildman–Crippen LogP) is 3.63. The number of ketones is 1. The molecule has 2 atom stereocenters. The number of fused-ring (bicyclic) bond motifs is 1. The van der Waals surface area contributed by atoms with Gasteiger partial charge in [0.15, 0.2) is 5.78 Å². The van der Waals surface area contributed by atoms with Crippen molar-refractivity contribution in [3.05, 3.63) is 39.3 Å². The van der Waals surface area contributed by atoms with E-state index in [-0.39, 0.29) is 17.3 Å². The Morgan fingerprint density at radius 2 is 1.89 bits per heavy atom. The van der Waals surface area contributed by atoms with Crippen molar-refractivity contribution in [2.24, 2.45) is 5.92 Å². The van der Waals surface area contributed by atoms with Gasteiger partial charge in [0, 0.05) is 36.7 Å². The van der Waals surface area contributed by atoms with E-state index < -0.39 is 0 Å². The van der Waals surface area contributed by atoms with Crippen molar-refractivity contribution in [3.8, 4) is 0 Å². The van der Waals surface area contributed by atoms with Crippen molar-refractivity contribution < 1.29 is 4.79 Å². The average Bonchev–Trinajstić information content (AvgIpc) is 2.73. The summed E-state index contributed by atoms with van der Waals surface area (Å²) in [6, 6.07) is 0. The first-order valence-corrected chi connectivity index (χ1v) is 10.8. The minimum Gasteiger partial charge on any atom is -0.343 e. The number of carbonyl (C=O) groups excluding carboxylic acids is 1. The fourth-order valence-electron chi connectivity index (χ4n) is 5.34. The Bertz CT molecular complexity index is 908. The lowest BCUT2D eigenvalue weighted by Crippen LogP contribution is -2.38. The van der Waals surface area contributed by atoms with E-state index in [4.69, 9.17) is 4.98 Å². The number of rotatable bonds is 2. The highest BCUT2D eigenvalue weighted by molar-refractivity contribution is 6.00. The first-order valence-electron chi connectivity index (χ1n) is 10.8. The van der Waals surface area contributed by atoms with E-state index in [1.807, 2.05) is 0 Å². The second-order valence-corrected chi connectivity index (χ2v) is 8.52. The van der Waals surface area contributed by atoms with Crippen LogP contribution in [0, 0.1) is 5.92 Å². The molecule has 0 bridgehead atoms. The smallest absolute Gasteiger partial charge is 0.258 e. The molecule has 1 aromatic heterocycles. The van der Waals surface area contributed by atoms with E-state index in [0.717, 1.165) is 69.3 Å². The van der Waals surface area contributed by atoms with Crippen LogP contribution >= 0.6 is 0 Å². The van der Waals surface area contributed by atoms with Gasteiger partial charge in [-0.1, -0.05) is 12.2 Å². The minimum absolute atomic E-state index is 0.0810. The van der Waals surface area contributed by atoms with Gasteiger partial charge in [-0.15, -0.1) is 0 Å². The molecule has 6 nitrogen and oxygen atoms in total. The van der Waals surface area contributed by atoms with Crippen molar-refractivity contribution in [2.45, 2.75) is 63.7 Å². The molecular formula is C22H28N4O2. The summed E-state index contributed by atoms with van der Waals surface area (Å²) in [5, 5.41) is 3.40. The summed E-state index contributed by atoms with van der Waals surface area (Å²) in [5.74, 6) is 1.72. The number of allylic oxidation sites excluding steroid dienone is 4. The maximum absolute atomic E-state index is 13.2. The zero-order chi connectivity index (χ0) is 19.1. The van der Waals surface area contributed by atoms with Crippen molar-refractivity contribution in [2.75, 3.05) is 23.3 Å². The number of aromatic nitrogens is 2. The van der Waals surface area contributed by atoms with Gasteiger partial charge in [0.2, 0.25) is 5.95 Å². The number of nitrogens with one attached hydrogen (secondary N) is 2. The number of hydrogen-bond acceptors (Lipinski definition) is 5. The van der Waals surface area contributed by atoms with Crippen LogP contribution in [0.25, 0.3) is 0 Å². The largest absolute Gasteiger partial charge is 0.343 e. The van der Waals surface area contributed by atoms with Gasteiger partial charge in [0.05, 0.1) is 5.56 Å². The summed E-state index contributed by atoms with van der Waals surface area (Å²) in [7, 11) is 0. The van der Waals surface area contributed by atoms with Crippen LogP contribution in [0.1, 0.15) is 69.3 Å². The summed E-state index contributed by atoms with van der Waals surface area (Å²) in [6.45, 7) is 1.87. The van der Waals surface area contributed by atoms with Gasteiger partial charge >= 0.3 is 0 Å². The molecule has 5 rings (SSSR count). The molecule has 148 valence electrons. The predicted molar refractivity (Wildman–Crippen MR) is 110 cm³/mol. The number of piperidine rings is 1. The van der Waals surface area contributed by atoms with Crippen LogP contribution in [0.15, 0.2) is 28.2 Å². The molecule has 3 heterocycles. The molecule has 0 spiro atoms. The van der Waals surface area contributed by atoms with E-state index in [9.17, 15) is 9.59 Å². The Balaban J connectivity index is 1.61. The highest BCUT2D eigenvalue weighted by Gasteiger charge is 2.41. The molecule has 28 heavy (non-hydrogen) atoms. The van der Waals surface area contributed by atoms with Crippen molar-refractivity contribution >= 4 is 17.5 Å². The lowest BCUT2D eigenvalue weighted by atomic mass is 9.70. The fourth-order valence-corrected chi connectivity index (χ4v) is 5.34. The molecule has 0 saturated carbocycles. The van der Waals surface area contributed by atoms with Gasteiger partial charge in [0.1, 0.15) is 5.82 Å². The van der Waals surface area contributed by atoms with E-state index in [2.05, 4.69) is 27.4 Å². The minimum atomic E-state index is -0.129. The van der Waals surface area contributed by atoms with Crippen molar-refractivity contribution in [3.63, 3.8) is 0 Å². The summed E-state index contributed by atoms with van der Waals surface area (Å²) >= 11 is 0. The normalized spacial score (nSPS) is 27.3. The standard InChI is InChI=1S/C22H28N4O2/c27-16-11-7-10-15-18(16)17(14-8-3-1-4-9-14)19-20(23-15)24-22(25-21(19)28)26-12-5-2-6-13-26/h1,3,14,17H,2,4-13H2,(H2,23,24,25,28)/t14-,17-/m1/s1. The Morgan fingerprint density at radius 1 is 1.04 bits per heavy atom. The first kappa shape index (κ1) is 17.7. The average molecular weight is 380 g/mol. The quantitative estimate of drug-likeness (QED) is 0.766. The van der Waals surface area contributed by atoms with Crippen LogP contribution in [0.5, 0.6) is 0 Å². The Labute approximate surface area is 165 Å². The lowest BCUT2D eigenvalue weighted by molar-refractivity contribution is -0.116. The molecular weight excluding hydrogens is 352 g/mol. The molecule has 6 heteroatoms. The molecule has 0 amide bonds. The second kappa shape index (κ2) is 7.22. The van der Waals surface area contributed by atoms with Crippen LogP contribution in [-0.2, 0) is 4.79 Å². The van der Waals surface area contributed by atoms with Crippen LogP contribution in [-0.4, -0.2) is 28.8 Å². The van der Waals surface area contributed by atoms with E-state index in [0.29, 0.717) is 29.7 Å². The molecule has 1 saturated heterocycles. The van der Waals surface area contributed by atoms with Crippen LogP contribution < -0.4 is 15.8 Å². The summed E-state index contributed by atoms with van der Waals surface area (Å²) in [6.07, 6.45) is 13.2. The summed E-state index contributed by atoms with van der Waals surface area (Å²) in [4.78, 5) is 36.2. The van der Waals surface area contributed by atoms with Gasteiger partial charge in [0.25, 0.3) is 5.56 Å². The van der Waals surface area contributed by atoms with Crippen molar-refractivity contribution in [1.29, 1.82) is 0 Å². The summed E-state index contributed by atoms with van der Waals surface area (Å²) in [5.41, 5.74) is 2.46. The molecule has 0 aromatic carbocycles. The third-order valence-corrected chi connectivity index (χ3v) is 6.73. The monoisotopic (exact) mass is 380 g/mol. The molecule has 2 aliphatic heterocycles. The van der Waals surface area contributed by atoms with Gasteiger partial charge in [-0.2, -0.15) is 4.98 Å². The molecule has 1 aromatic rings. The van der Waals surface area contributed by atoms with E-state index in [1.165, 1.54) is 6.42 Å². The second-order valence-electron chi connectivity index (χ2n) is 8.52. The van der Waals surface area contributed by atoms with Gasteiger partial charge in [-0.25, -0.2) is 0 Å². The molecule has 4 aliphatic rings. The van der Waals surface area contributed by atoms with Gasteiger partial charge in [-0.05, 0) is 57.3 Å². The Kier molecular flexibility index (Phi) is 4.57. The zero-order valence-electron chi connectivity index (χ0n) is 16.3. The van der Waals surface area contributed by atoms with Gasteiger partial charge < -0.3 is 10.2 Å². The number of hydrogen-bond donors (Lipinski definition) is 2. The zero-order valence-corrected chi connectivity index (χ0v) is 16.3. The van der Waals surface area contributed by atoms with E-state index >= 15 is 0 Å². The van der Waals surface area contributed by atoms with Gasteiger partial charge in [-0.3, -0.25) is 14.6 Å². The summed E-state index contributed by atoms with van der Waals surface area (Å²) < 4.78 is 0. The number of nitrogens with zero attached hydrogens (tertiary/aromatic N) is 2. The van der Waals surface area contributed by atoms with Crippen LogP contribution in [0.2, 0.25) is 0 Å². The highest BCUT2D eigenvalue weighted by atomic mass is 16.1. The molecule has 0 unspecified atom stereocenters. The van der Waals surface area contributed by atoms with Crippen LogP contribution in [0.4, 0.5) is 11.8 Å². The number of H-pyrrole nitrogens is 1. The third kappa shape index (κ3) is 2.99. The molecule has 2 N–H and O–H groups in total. The number of carbonyl (C=O) groups is 1. The third-order valence-electron chi connectivity index (χ3n) is 6.73. The number of anilines is 2. The SMILES string of the molecule is O=C1CCCC2=C1[C@@H]([C@@H]1CC=CCC1)c1c(nc(N3CCCCC3)[nH]c1=O)N2. The number of aromatic amines is 1. The lowest BCUT2D eigenvalue weighted by Gasteiger charge is -2.37. The topological polar surface area (TPSA) is 78.1 Å². The Morgan fingerprint density at radius 3 is 2.68 bits per heavy atom. The molecule has 0 radical (unpaired) electrons. The maximum atomic E-state index is 13.2. The highest BCUT2D eigenvalue weighted by Crippen LogP contribution is 2.46. The number of Topliss-reactive ketones (excluding diaryl/α,β-unsaturated/α-hetero) is 1. The van der Waals surface area contributed by atoms with Crippen molar-refractivity contribution in [1.82, 2.24) is 9.97 Å². The van der Waals surface area contributed by atoms with E-state index in [1.54, 1.807) is 0 Å². The molecule has 2 aliphatic carbocycles. The molecule has 1 fully saturated rings. The van der Waals surface area contributed by atoms with Crippen LogP contribution in [0.3, 0.4) is 0 Å².